The summed E-state index contributed by atoms with van der Waals surface area (Å²) in [5, 5.41) is 0. The van der Waals surface area contributed by atoms with Gasteiger partial charge in [-0.3, -0.25) is 4.57 Å². The molecule has 2 fully saturated rings. The van der Waals surface area contributed by atoms with Gasteiger partial charge >= 0.3 is 7.67 Å². The van der Waals surface area contributed by atoms with Gasteiger partial charge in [0.05, 0.1) is 6.61 Å². The Morgan fingerprint density at radius 3 is 2.00 bits per heavy atom. The molecular formula is C12H25N2O2P. The molecule has 100 valence electrons. The van der Waals surface area contributed by atoms with E-state index in [4.69, 9.17) is 4.52 Å². The molecule has 2 saturated heterocycles. The summed E-state index contributed by atoms with van der Waals surface area (Å²) in [6.45, 7) is 8.97. The van der Waals surface area contributed by atoms with Gasteiger partial charge in [-0.05, 0) is 19.3 Å². The lowest BCUT2D eigenvalue weighted by Gasteiger charge is -2.21. The molecule has 0 saturated carbocycles. The van der Waals surface area contributed by atoms with Gasteiger partial charge in [-0.15, -0.1) is 0 Å². The van der Waals surface area contributed by atoms with Crippen LogP contribution in [0.2, 0.25) is 0 Å². The first-order valence-electron chi connectivity index (χ1n) is 6.96. The molecule has 0 aliphatic carbocycles. The van der Waals surface area contributed by atoms with Crippen LogP contribution < -0.4 is 0 Å². The second-order valence-electron chi connectivity index (χ2n) is 5.05. The number of hydrogen-bond acceptors (Lipinski definition) is 2. The fourth-order valence-corrected chi connectivity index (χ4v) is 5.16. The number of unbranched alkanes of at least 4 members (excludes halogenated alkanes) is 1. The van der Waals surface area contributed by atoms with Crippen molar-refractivity contribution in [3.05, 3.63) is 0 Å². The minimum absolute atomic E-state index is 0.487. The third-order valence-electron chi connectivity index (χ3n) is 3.72. The Labute approximate surface area is 105 Å². The van der Waals surface area contributed by atoms with E-state index in [2.05, 4.69) is 30.1 Å². The van der Waals surface area contributed by atoms with Crippen LogP contribution in [0.3, 0.4) is 0 Å². The Morgan fingerprint density at radius 2 is 1.65 bits per heavy atom. The van der Waals surface area contributed by atoms with Crippen molar-refractivity contribution in [2.24, 2.45) is 0 Å². The molecule has 4 nitrogen and oxygen atoms in total. The summed E-state index contributed by atoms with van der Waals surface area (Å²) in [6, 6.07) is 0.973. The summed E-state index contributed by atoms with van der Waals surface area (Å²) in [5.41, 5.74) is 0. The highest BCUT2D eigenvalue weighted by atomic mass is 31.2. The largest absolute Gasteiger partial charge is 0.346 e. The van der Waals surface area contributed by atoms with Crippen molar-refractivity contribution in [1.29, 1.82) is 0 Å². The number of nitrogens with zero attached hydrogens (tertiary/aromatic N) is 2. The summed E-state index contributed by atoms with van der Waals surface area (Å²) >= 11 is 0. The van der Waals surface area contributed by atoms with Gasteiger partial charge in [0.1, 0.15) is 0 Å². The van der Waals surface area contributed by atoms with E-state index in [0.29, 0.717) is 18.7 Å². The van der Waals surface area contributed by atoms with Crippen LogP contribution in [0.15, 0.2) is 0 Å². The Kier molecular flexibility index (Phi) is 4.30. The van der Waals surface area contributed by atoms with Crippen molar-refractivity contribution in [3.8, 4) is 0 Å². The average molecular weight is 260 g/mol. The van der Waals surface area contributed by atoms with Crippen molar-refractivity contribution < 1.29 is 9.09 Å². The van der Waals surface area contributed by atoms with Crippen molar-refractivity contribution in [1.82, 2.24) is 9.34 Å². The third kappa shape index (κ3) is 2.76. The van der Waals surface area contributed by atoms with Gasteiger partial charge in [0.2, 0.25) is 0 Å². The van der Waals surface area contributed by atoms with Crippen molar-refractivity contribution in [3.63, 3.8) is 0 Å². The van der Waals surface area contributed by atoms with E-state index in [-0.39, 0.29) is 0 Å². The highest BCUT2D eigenvalue weighted by Gasteiger charge is 2.57. The summed E-state index contributed by atoms with van der Waals surface area (Å²) in [4.78, 5) is 0. The number of rotatable bonds is 8. The topological polar surface area (TPSA) is 32.3 Å². The molecule has 0 bridgehead atoms. The highest BCUT2D eigenvalue weighted by molar-refractivity contribution is 7.54. The fourth-order valence-electron chi connectivity index (χ4n) is 2.26. The molecule has 0 aromatic heterocycles. The molecule has 0 spiro atoms. The first-order valence-corrected chi connectivity index (χ1v) is 8.49. The SMILES string of the molecule is CCCCOP(=O)(N1CC1CC)N1CC1CC. The zero-order valence-corrected chi connectivity index (χ0v) is 12.2. The molecule has 5 heteroatoms. The van der Waals surface area contributed by atoms with E-state index in [1.807, 2.05) is 0 Å². The molecule has 2 heterocycles. The zero-order valence-electron chi connectivity index (χ0n) is 11.3. The average Bonchev–Trinajstić information content (AvgIpc) is 3.20. The molecule has 0 N–H and O–H groups in total. The van der Waals surface area contributed by atoms with E-state index in [0.717, 1.165) is 38.8 Å². The molecular weight excluding hydrogens is 235 g/mol. The van der Waals surface area contributed by atoms with Gasteiger partial charge in [-0.1, -0.05) is 27.2 Å². The van der Waals surface area contributed by atoms with Gasteiger partial charge in [0, 0.05) is 25.2 Å². The highest BCUT2D eigenvalue weighted by Crippen LogP contribution is 2.65. The van der Waals surface area contributed by atoms with Crippen LogP contribution in [0, 0.1) is 0 Å². The maximum atomic E-state index is 13.0. The smallest absolute Gasteiger partial charge is 0.306 e. The van der Waals surface area contributed by atoms with Crippen LogP contribution in [0.1, 0.15) is 46.5 Å². The van der Waals surface area contributed by atoms with Gasteiger partial charge < -0.3 is 4.52 Å². The Bertz CT molecular complexity index is 289. The lowest BCUT2D eigenvalue weighted by atomic mass is 10.4. The maximum Gasteiger partial charge on any atom is 0.346 e. The molecule has 4 atom stereocenters. The van der Waals surface area contributed by atoms with Crippen LogP contribution in [0.4, 0.5) is 0 Å². The molecule has 0 aromatic carbocycles. The van der Waals surface area contributed by atoms with Crippen LogP contribution >= 0.6 is 7.67 Å². The minimum atomic E-state index is -2.65. The van der Waals surface area contributed by atoms with E-state index in [1.54, 1.807) is 0 Å². The normalized spacial score (nSPS) is 38.8. The predicted octanol–water partition coefficient (Wildman–Crippen LogP) is 3.10. The molecule has 0 amide bonds. The lowest BCUT2D eigenvalue weighted by Crippen LogP contribution is -2.12. The fraction of sp³-hybridized carbons (Fsp3) is 1.00. The molecule has 0 radical (unpaired) electrons. The van der Waals surface area contributed by atoms with E-state index in [9.17, 15) is 4.57 Å². The zero-order chi connectivity index (χ0) is 12.5. The van der Waals surface area contributed by atoms with Gasteiger partial charge in [0.15, 0.2) is 0 Å². The molecule has 0 aromatic rings. The van der Waals surface area contributed by atoms with Gasteiger partial charge in [0.25, 0.3) is 0 Å². The third-order valence-corrected chi connectivity index (χ3v) is 6.52. The van der Waals surface area contributed by atoms with Crippen molar-refractivity contribution in [2.45, 2.75) is 58.5 Å². The maximum absolute atomic E-state index is 13.0. The summed E-state index contributed by atoms with van der Waals surface area (Å²) in [7, 11) is -2.65. The second-order valence-corrected chi connectivity index (χ2v) is 7.31. The molecule has 2 aliphatic rings. The van der Waals surface area contributed by atoms with Crippen LogP contribution in [0.5, 0.6) is 0 Å². The Hall–Kier alpha value is 0.110. The first-order chi connectivity index (χ1) is 8.17. The quantitative estimate of drug-likeness (QED) is 0.381. The van der Waals surface area contributed by atoms with Gasteiger partial charge in [-0.2, -0.15) is 0 Å². The van der Waals surface area contributed by atoms with Crippen molar-refractivity contribution in [2.75, 3.05) is 19.7 Å². The van der Waals surface area contributed by atoms with Crippen LogP contribution in [-0.4, -0.2) is 41.1 Å². The van der Waals surface area contributed by atoms with Crippen molar-refractivity contribution >= 4 is 7.67 Å². The molecule has 4 unspecified atom stereocenters. The van der Waals surface area contributed by atoms with E-state index < -0.39 is 7.67 Å². The standard InChI is InChI=1S/C12H25N2O2P/c1-4-7-8-16-17(15,13-9-11(13)5-2)14-10-12(14)6-3/h11-12H,4-10H2,1-3H3. The molecule has 2 aliphatic heterocycles. The molecule has 2 rings (SSSR count). The van der Waals surface area contributed by atoms with E-state index >= 15 is 0 Å². The summed E-state index contributed by atoms with van der Waals surface area (Å²) in [6.07, 6.45) is 4.24. The van der Waals surface area contributed by atoms with Crippen LogP contribution in [0.25, 0.3) is 0 Å². The monoisotopic (exact) mass is 260 g/mol. The minimum Gasteiger partial charge on any atom is -0.306 e. The summed E-state index contributed by atoms with van der Waals surface area (Å²) < 4.78 is 22.9. The summed E-state index contributed by atoms with van der Waals surface area (Å²) in [5.74, 6) is 0. The second kappa shape index (κ2) is 5.40. The van der Waals surface area contributed by atoms with Crippen LogP contribution in [-0.2, 0) is 9.09 Å². The Morgan fingerprint density at radius 1 is 1.12 bits per heavy atom. The molecule has 17 heavy (non-hydrogen) atoms. The van der Waals surface area contributed by atoms with Gasteiger partial charge in [-0.25, -0.2) is 9.34 Å². The van der Waals surface area contributed by atoms with E-state index in [1.165, 1.54) is 0 Å². The first kappa shape index (κ1) is 13.5. The Balaban J connectivity index is 1.95. The lowest BCUT2D eigenvalue weighted by molar-refractivity contribution is 0.262. The predicted molar refractivity (Wildman–Crippen MR) is 70.0 cm³/mol. The number of hydrogen-bond donors (Lipinski definition) is 0.